The average molecular weight is 322 g/mol. The van der Waals surface area contributed by atoms with Crippen molar-refractivity contribution in [1.82, 2.24) is 4.31 Å². The predicted molar refractivity (Wildman–Crippen MR) is 73.0 cm³/mol. The molecular weight excluding hydrogens is 307 g/mol. The number of nitrogens with zero attached hydrogens (tertiary/aromatic N) is 1. The van der Waals surface area contributed by atoms with Crippen molar-refractivity contribution in [2.45, 2.75) is 11.8 Å². The molecule has 0 amide bonds. The number of rotatable bonds is 2. The van der Waals surface area contributed by atoms with Crippen LogP contribution in [0.2, 0.25) is 0 Å². The Hall–Kier alpha value is -1.19. The Morgan fingerprint density at radius 3 is 2.35 bits per heavy atom. The molecule has 1 heterocycles. The monoisotopic (exact) mass is 322 g/mol. The van der Waals surface area contributed by atoms with Crippen LogP contribution in [0.15, 0.2) is 17.0 Å². The Balaban J connectivity index is 2.42. The number of nitrogen functional groups attached to an aromatic ring is 1. The number of anilines is 1. The largest absolute Gasteiger partial charge is 0.399 e. The third-order valence-electron chi connectivity index (χ3n) is 3.16. The Morgan fingerprint density at radius 2 is 1.80 bits per heavy atom. The van der Waals surface area contributed by atoms with Gasteiger partial charge in [0, 0.05) is 18.8 Å². The molecular formula is C11H15FN2O4S2. The molecule has 1 aromatic carbocycles. The molecule has 1 fully saturated rings. The molecule has 2 N–H and O–H groups in total. The summed E-state index contributed by atoms with van der Waals surface area (Å²) in [6, 6.07) is 2.40. The normalized spacial score (nSPS) is 19.9. The van der Waals surface area contributed by atoms with E-state index in [1.165, 1.54) is 13.0 Å². The number of sulfone groups is 1. The number of nitrogens with two attached hydrogens (primary N) is 1. The van der Waals surface area contributed by atoms with Crippen molar-refractivity contribution >= 4 is 25.5 Å². The highest BCUT2D eigenvalue weighted by Crippen LogP contribution is 2.25. The summed E-state index contributed by atoms with van der Waals surface area (Å²) in [7, 11) is -7.28. The maximum atomic E-state index is 14.0. The van der Waals surface area contributed by atoms with Crippen LogP contribution in [0.4, 0.5) is 10.1 Å². The van der Waals surface area contributed by atoms with E-state index in [0.29, 0.717) is 0 Å². The molecule has 0 spiro atoms. The van der Waals surface area contributed by atoms with Crippen LogP contribution >= 0.6 is 0 Å². The Bertz CT molecular complexity index is 730. The summed E-state index contributed by atoms with van der Waals surface area (Å²) >= 11 is 0. The molecule has 6 nitrogen and oxygen atoms in total. The van der Waals surface area contributed by atoms with Crippen LogP contribution in [0, 0.1) is 12.7 Å². The van der Waals surface area contributed by atoms with Crippen molar-refractivity contribution in [3.63, 3.8) is 0 Å². The highest BCUT2D eigenvalue weighted by atomic mass is 32.2. The lowest BCUT2D eigenvalue weighted by Crippen LogP contribution is -2.43. The number of hydrogen-bond acceptors (Lipinski definition) is 5. The highest BCUT2D eigenvalue weighted by molar-refractivity contribution is 7.92. The van der Waals surface area contributed by atoms with Crippen molar-refractivity contribution in [2.75, 3.05) is 30.3 Å². The van der Waals surface area contributed by atoms with Crippen molar-refractivity contribution in [2.24, 2.45) is 0 Å². The van der Waals surface area contributed by atoms with E-state index in [2.05, 4.69) is 0 Å². The quantitative estimate of drug-likeness (QED) is 0.781. The van der Waals surface area contributed by atoms with Gasteiger partial charge in [-0.25, -0.2) is 21.2 Å². The van der Waals surface area contributed by atoms with E-state index >= 15 is 0 Å². The van der Waals surface area contributed by atoms with Gasteiger partial charge in [-0.15, -0.1) is 0 Å². The number of halogens is 1. The van der Waals surface area contributed by atoms with Crippen LogP contribution in [0.1, 0.15) is 5.56 Å². The fraction of sp³-hybridized carbons (Fsp3) is 0.455. The van der Waals surface area contributed by atoms with Gasteiger partial charge in [0.05, 0.1) is 11.5 Å². The molecule has 112 valence electrons. The highest BCUT2D eigenvalue weighted by Gasteiger charge is 2.33. The maximum absolute atomic E-state index is 14.0. The van der Waals surface area contributed by atoms with Gasteiger partial charge in [-0.2, -0.15) is 4.31 Å². The fourth-order valence-corrected chi connectivity index (χ4v) is 5.07. The molecule has 1 aliphatic rings. The molecule has 1 saturated heterocycles. The van der Waals surface area contributed by atoms with Gasteiger partial charge in [0.1, 0.15) is 10.7 Å². The maximum Gasteiger partial charge on any atom is 0.246 e. The van der Waals surface area contributed by atoms with Crippen molar-refractivity contribution in [3.8, 4) is 0 Å². The lowest BCUT2D eigenvalue weighted by molar-refractivity contribution is 0.426. The number of aryl methyl sites for hydroxylation is 1. The second-order valence-electron chi connectivity index (χ2n) is 4.71. The summed E-state index contributed by atoms with van der Waals surface area (Å²) in [4.78, 5) is -0.505. The molecule has 0 radical (unpaired) electrons. The van der Waals surface area contributed by atoms with Gasteiger partial charge in [-0.3, -0.25) is 0 Å². The van der Waals surface area contributed by atoms with Crippen LogP contribution in [0.3, 0.4) is 0 Å². The van der Waals surface area contributed by atoms with Crippen LogP contribution in [0.5, 0.6) is 0 Å². The second-order valence-corrected chi connectivity index (χ2v) is 8.92. The van der Waals surface area contributed by atoms with E-state index in [9.17, 15) is 21.2 Å². The SMILES string of the molecule is Cc1cc(N)cc(S(=O)(=O)N2CCS(=O)(=O)CC2)c1F. The first kappa shape index (κ1) is 15.2. The molecule has 0 unspecified atom stereocenters. The van der Waals surface area contributed by atoms with E-state index in [0.717, 1.165) is 10.4 Å². The third-order valence-corrected chi connectivity index (χ3v) is 6.67. The zero-order valence-electron chi connectivity index (χ0n) is 10.8. The molecule has 0 aliphatic carbocycles. The van der Waals surface area contributed by atoms with Gasteiger partial charge in [0.15, 0.2) is 9.84 Å². The summed E-state index contributed by atoms with van der Waals surface area (Å²) in [5, 5.41) is 0. The third kappa shape index (κ3) is 2.79. The Labute approximate surface area is 117 Å². The van der Waals surface area contributed by atoms with Crippen LogP contribution in [-0.4, -0.2) is 45.7 Å². The molecule has 0 bridgehead atoms. The lowest BCUT2D eigenvalue weighted by Gasteiger charge is -2.26. The standard InChI is InChI=1S/C11H15FN2O4S2/c1-8-6-9(13)7-10(11(8)12)20(17,18)14-2-4-19(15,16)5-3-14/h6-7H,2-5,13H2,1H3. The van der Waals surface area contributed by atoms with Crippen LogP contribution < -0.4 is 5.73 Å². The molecule has 0 aromatic heterocycles. The van der Waals surface area contributed by atoms with Crippen molar-refractivity contribution in [1.29, 1.82) is 0 Å². The number of sulfonamides is 1. The minimum Gasteiger partial charge on any atom is -0.399 e. The molecule has 1 aromatic rings. The number of benzene rings is 1. The van der Waals surface area contributed by atoms with Crippen molar-refractivity contribution < 1.29 is 21.2 Å². The van der Waals surface area contributed by atoms with E-state index in [4.69, 9.17) is 5.73 Å². The first-order valence-electron chi connectivity index (χ1n) is 5.90. The Kier molecular flexibility index (Phi) is 3.78. The smallest absolute Gasteiger partial charge is 0.246 e. The van der Waals surface area contributed by atoms with Gasteiger partial charge in [0.25, 0.3) is 0 Å². The summed E-state index contributed by atoms with van der Waals surface area (Å²) in [5.41, 5.74) is 5.83. The summed E-state index contributed by atoms with van der Waals surface area (Å²) in [6.07, 6.45) is 0. The average Bonchev–Trinajstić information content (AvgIpc) is 2.33. The lowest BCUT2D eigenvalue weighted by atomic mass is 10.2. The van der Waals surface area contributed by atoms with Gasteiger partial charge in [0.2, 0.25) is 10.0 Å². The van der Waals surface area contributed by atoms with E-state index in [1.54, 1.807) is 0 Å². The Morgan fingerprint density at radius 1 is 1.25 bits per heavy atom. The van der Waals surface area contributed by atoms with E-state index < -0.39 is 30.6 Å². The van der Waals surface area contributed by atoms with Crippen LogP contribution in [0.25, 0.3) is 0 Å². The molecule has 0 saturated carbocycles. The van der Waals surface area contributed by atoms with E-state index in [1.807, 2.05) is 0 Å². The first-order chi connectivity index (χ1) is 9.13. The summed E-state index contributed by atoms with van der Waals surface area (Å²) in [6.45, 7) is 1.08. The van der Waals surface area contributed by atoms with Crippen LogP contribution in [-0.2, 0) is 19.9 Å². The number of hydrogen-bond donors (Lipinski definition) is 1. The minimum absolute atomic E-state index is 0.133. The van der Waals surface area contributed by atoms with Gasteiger partial charge in [-0.05, 0) is 24.6 Å². The molecule has 1 aliphatic heterocycles. The molecule has 2 rings (SSSR count). The molecule has 0 atom stereocenters. The summed E-state index contributed by atoms with van der Waals surface area (Å²) < 4.78 is 62.3. The van der Waals surface area contributed by atoms with Crippen molar-refractivity contribution in [3.05, 3.63) is 23.5 Å². The fourth-order valence-electron chi connectivity index (χ4n) is 2.03. The van der Waals surface area contributed by atoms with Gasteiger partial charge >= 0.3 is 0 Å². The predicted octanol–water partition coefficient (Wildman–Crippen LogP) is 0.135. The van der Waals surface area contributed by atoms with E-state index in [-0.39, 0.29) is 35.8 Å². The molecule has 9 heteroatoms. The topological polar surface area (TPSA) is 97.5 Å². The summed E-state index contributed by atoms with van der Waals surface area (Å²) in [5.74, 6) is -1.36. The first-order valence-corrected chi connectivity index (χ1v) is 9.16. The zero-order valence-corrected chi connectivity index (χ0v) is 12.5. The minimum atomic E-state index is -4.07. The second kappa shape index (κ2) is 4.97. The van der Waals surface area contributed by atoms with Gasteiger partial charge in [-0.1, -0.05) is 0 Å². The molecule has 20 heavy (non-hydrogen) atoms. The van der Waals surface area contributed by atoms with Gasteiger partial charge < -0.3 is 5.73 Å². The zero-order chi connectivity index (χ0) is 15.1.